The van der Waals surface area contributed by atoms with Crippen molar-refractivity contribution in [1.82, 2.24) is 10.2 Å². The standard InChI is InChI=1S/C13H12F2N2O2/c1-13(2,8-4-3-7(14)5-9(8)15)11-6-10(12(18)19)16-17-11/h3-6H,1-2H3,(H,16,17)(H,18,19). The monoisotopic (exact) mass is 266 g/mol. The number of halogens is 2. The summed E-state index contributed by atoms with van der Waals surface area (Å²) in [5.74, 6) is -2.51. The number of H-pyrrole nitrogens is 1. The minimum absolute atomic E-state index is 0.148. The van der Waals surface area contributed by atoms with E-state index in [2.05, 4.69) is 10.2 Å². The van der Waals surface area contributed by atoms with Crippen LogP contribution in [-0.4, -0.2) is 21.3 Å². The summed E-state index contributed by atoms with van der Waals surface area (Å²) >= 11 is 0. The van der Waals surface area contributed by atoms with Crippen LogP contribution in [0.15, 0.2) is 24.3 Å². The first-order chi connectivity index (χ1) is 8.82. The molecule has 0 radical (unpaired) electrons. The van der Waals surface area contributed by atoms with Gasteiger partial charge in [-0.1, -0.05) is 19.9 Å². The number of aromatic amines is 1. The Bertz CT molecular complexity index is 635. The zero-order chi connectivity index (χ0) is 14.2. The second kappa shape index (κ2) is 4.46. The zero-order valence-corrected chi connectivity index (χ0v) is 10.4. The fourth-order valence-corrected chi connectivity index (χ4v) is 1.89. The zero-order valence-electron chi connectivity index (χ0n) is 10.4. The molecule has 0 unspecified atom stereocenters. The lowest BCUT2D eigenvalue weighted by Gasteiger charge is -2.24. The molecule has 0 spiro atoms. The molecule has 0 saturated carbocycles. The summed E-state index contributed by atoms with van der Waals surface area (Å²) in [6.45, 7) is 3.39. The highest BCUT2D eigenvalue weighted by Gasteiger charge is 2.29. The Hall–Kier alpha value is -2.24. The lowest BCUT2D eigenvalue weighted by Crippen LogP contribution is -2.21. The number of aromatic nitrogens is 2. The number of carboxylic acid groups (broad SMARTS) is 1. The van der Waals surface area contributed by atoms with Gasteiger partial charge >= 0.3 is 5.97 Å². The third kappa shape index (κ3) is 2.33. The maximum absolute atomic E-state index is 13.8. The number of nitrogens with one attached hydrogen (secondary N) is 1. The molecule has 0 saturated heterocycles. The molecule has 0 bridgehead atoms. The maximum atomic E-state index is 13.8. The molecule has 0 aliphatic carbocycles. The second-order valence-corrected chi connectivity index (χ2v) is 4.72. The maximum Gasteiger partial charge on any atom is 0.356 e. The molecule has 0 amide bonds. The van der Waals surface area contributed by atoms with E-state index < -0.39 is 23.0 Å². The predicted molar refractivity (Wildman–Crippen MR) is 64.0 cm³/mol. The number of hydrogen-bond acceptors (Lipinski definition) is 2. The molecule has 2 aromatic rings. The van der Waals surface area contributed by atoms with Gasteiger partial charge in [-0.2, -0.15) is 5.10 Å². The fraction of sp³-hybridized carbons (Fsp3) is 0.231. The second-order valence-electron chi connectivity index (χ2n) is 4.72. The number of nitrogens with zero attached hydrogens (tertiary/aromatic N) is 1. The fourth-order valence-electron chi connectivity index (χ4n) is 1.89. The van der Waals surface area contributed by atoms with Gasteiger partial charge in [0.05, 0.1) is 0 Å². The molecule has 1 aromatic carbocycles. The van der Waals surface area contributed by atoms with Crippen molar-refractivity contribution < 1.29 is 18.7 Å². The van der Waals surface area contributed by atoms with E-state index in [4.69, 9.17) is 5.11 Å². The van der Waals surface area contributed by atoms with Crippen LogP contribution in [0.25, 0.3) is 0 Å². The molecule has 19 heavy (non-hydrogen) atoms. The average Bonchev–Trinajstić information content (AvgIpc) is 2.78. The molecule has 0 fully saturated rings. The minimum atomic E-state index is -1.17. The van der Waals surface area contributed by atoms with Crippen molar-refractivity contribution in [3.05, 3.63) is 52.9 Å². The predicted octanol–water partition coefficient (Wildman–Crippen LogP) is 2.71. The first-order valence-electron chi connectivity index (χ1n) is 5.57. The molecule has 2 N–H and O–H groups in total. The Labute approximate surface area is 108 Å². The van der Waals surface area contributed by atoms with Gasteiger partial charge in [0, 0.05) is 17.2 Å². The summed E-state index contributed by atoms with van der Waals surface area (Å²) in [4.78, 5) is 10.8. The van der Waals surface area contributed by atoms with Gasteiger partial charge in [-0.3, -0.25) is 5.10 Å². The van der Waals surface area contributed by atoms with Crippen molar-refractivity contribution >= 4 is 5.97 Å². The third-order valence-electron chi connectivity index (χ3n) is 3.07. The summed E-state index contributed by atoms with van der Waals surface area (Å²) in [5.41, 5.74) is -0.297. The average molecular weight is 266 g/mol. The van der Waals surface area contributed by atoms with Crippen LogP contribution in [0.1, 0.15) is 35.6 Å². The van der Waals surface area contributed by atoms with Crippen LogP contribution < -0.4 is 0 Å². The van der Waals surface area contributed by atoms with Crippen LogP contribution >= 0.6 is 0 Å². The van der Waals surface area contributed by atoms with E-state index >= 15 is 0 Å². The smallest absolute Gasteiger partial charge is 0.356 e. The van der Waals surface area contributed by atoms with Gasteiger partial charge in [0.15, 0.2) is 5.69 Å². The number of benzene rings is 1. The van der Waals surface area contributed by atoms with E-state index in [1.165, 1.54) is 12.1 Å². The molecular formula is C13H12F2N2O2. The topological polar surface area (TPSA) is 66.0 Å². The van der Waals surface area contributed by atoms with Crippen molar-refractivity contribution in [3.8, 4) is 0 Å². The number of carboxylic acids is 1. The van der Waals surface area contributed by atoms with Gasteiger partial charge in [-0.15, -0.1) is 0 Å². The molecule has 0 aliphatic heterocycles. The SMILES string of the molecule is CC(C)(c1cc(C(=O)O)n[nH]1)c1ccc(F)cc1F. The van der Waals surface area contributed by atoms with Crippen molar-refractivity contribution in [2.24, 2.45) is 0 Å². The van der Waals surface area contributed by atoms with Crippen LogP contribution in [0.2, 0.25) is 0 Å². The summed E-state index contributed by atoms with van der Waals surface area (Å²) in [6.07, 6.45) is 0. The van der Waals surface area contributed by atoms with E-state index in [1.807, 2.05) is 0 Å². The Balaban J connectivity index is 2.48. The first-order valence-corrected chi connectivity index (χ1v) is 5.57. The molecular weight excluding hydrogens is 254 g/mol. The van der Waals surface area contributed by atoms with Gasteiger partial charge in [0.25, 0.3) is 0 Å². The van der Waals surface area contributed by atoms with Crippen LogP contribution in [0, 0.1) is 11.6 Å². The van der Waals surface area contributed by atoms with Crippen LogP contribution in [0.4, 0.5) is 8.78 Å². The summed E-state index contributed by atoms with van der Waals surface area (Å²) in [6, 6.07) is 4.64. The lowest BCUT2D eigenvalue weighted by atomic mass is 9.81. The highest BCUT2D eigenvalue weighted by Crippen LogP contribution is 2.32. The number of carbonyl (C=O) groups is 1. The van der Waals surface area contributed by atoms with Crippen molar-refractivity contribution in [1.29, 1.82) is 0 Å². The Morgan fingerprint density at radius 1 is 1.32 bits per heavy atom. The van der Waals surface area contributed by atoms with Gasteiger partial charge in [0.1, 0.15) is 11.6 Å². The largest absolute Gasteiger partial charge is 0.476 e. The van der Waals surface area contributed by atoms with E-state index in [0.717, 1.165) is 12.1 Å². The molecule has 1 aromatic heterocycles. The van der Waals surface area contributed by atoms with Gasteiger partial charge in [0.2, 0.25) is 0 Å². The Kier molecular flexibility index (Phi) is 3.09. The number of hydrogen-bond donors (Lipinski definition) is 2. The number of aromatic carboxylic acids is 1. The van der Waals surface area contributed by atoms with E-state index in [0.29, 0.717) is 5.69 Å². The number of rotatable bonds is 3. The lowest BCUT2D eigenvalue weighted by molar-refractivity contribution is 0.0690. The molecule has 4 nitrogen and oxygen atoms in total. The van der Waals surface area contributed by atoms with E-state index in [1.54, 1.807) is 13.8 Å². The minimum Gasteiger partial charge on any atom is -0.476 e. The molecule has 0 atom stereocenters. The molecule has 6 heteroatoms. The molecule has 100 valence electrons. The molecule has 0 aliphatic rings. The van der Waals surface area contributed by atoms with Crippen LogP contribution in [0.5, 0.6) is 0 Å². The van der Waals surface area contributed by atoms with E-state index in [9.17, 15) is 13.6 Å². The highest BCUT2D eigenvalue weighted by molar-refractivity contribution is 5.85. The highest BCUT2D eigenvalue weighted by atomic mass is 19.1. The first kappa shape index (κ1) is 13.2. The Morgan fingerprint density at radius 3 is 2.53 bits per heavy atom. The summed E-state index contributed by atoms with van der Waals surface area (Å²) < 4.78 is 26.7. The Morgan fingerprint density at radius 2 is 2.00 bits per heavy atom. The van der Waals surface area contributed by atoms with Crippen molar-refractivity contribution in [3.63, 3.8) is 0 Å². The summed E-state index contributed by atoms with van der Waals surface area (Å²) in [5, 5.41) is 15.0. The van der Waals surface area contributed by atoms with Crippen LogP contribution in [0.3, 0.4) is 0 Å². The normalized spacial score (nSPS) is 11.6. The van der Waals surface area contributed by atoms with E-state index in [-0.39, 0.29) is 11.3 Å². The molecule has 2 rings (SSSR count). The molecule has 1 heterocycles. The van der Waals surface area contributed by atoms with Crippen molar-refractivity contribution in [2.45, 2.75) is 19.3 Å². The quantitative estimate of drug-likeness (QED) is 0.897. The van der Waals surface area contributed by atoms with Gasteiger partial charge < -0.3 is 5.11 Å². The van der Waals surface area contributed by atoms with Crippen molar-refractivity contribution in [2.75, 3.05) is 0 Å². The summed E-state index contributed by atoms with van der Waals surface area (Å²) in [7, 11) is 0. The van der Waals surface area contributed by atoms with Gasteiger partial charge in [-0.05, 0) is 17.7 Å². The van der Waals surface area contributed by atoms with Crippen LogP contribution in [-0.2, 0) is 5.41 Å². The van der Waals surface area contributed by atoms with Gasteiger partial charge in [-0.25, -0.2) is 13.6 Å². The third-order valence-corrected chi connectivity index (χ3v) is 3.07.